The summed E-state index contributed by atoms with van der Waals surface area (Å²) in [4.78, 5) is 20.7. The Morgan fingerprint density at radius 3 is 2.79 bits per heavy atom. The van der Waals surface area contributed by atoms with Crippen LogP contribution in [0.1, 0.15) is 12.5 Å². The van der Waals surface area contributed by atoms with Crippen LogP contribution >= 0.6 is 0 Å². The molecule has 7 heteroatoms. The number of aliphatic carboxylic acids is 1. The lowest BCUT2D eigenvalue weighted by Crippen LogP contribution is -2.34. The van der Waals surface area contributed by atoms with Gasteiger partial charge in [0.2, 0.25) is 5.88 Å². The van der Waals surface area contributed by atoms with Gasteiger partial charge >= 0.3 is 5.97 Å². The standard InChI is InChI=1S/C12H19N3O4/c1-4-19-12-9(2)11(13-8-14-12)15(5-6-18-3)7-10(16)17/h8H,4-7H2,1-3H3,(H,16,17). The third-order valence-corrected chi connectivity index (χ3v) is 2.48. The molecule has 0 radical (unpaired) electrons. The van der Waals surface area contributed by atoms with E-state index < -0.39 is 5.97 Å². The Balaban J connectivity index is 2.99. The largest absolute Gasteiger partial charge is 0.480 e. The summed E-state index contributed by atoms with van der Waals surface area (Å²) in [6.07, 6.45) is 1.37. The molecule has 1 aromatic rings. The van der Waals surface area contributed by atoms with E-state index in [4.69, 9.17) is 14.6 Å². The van der Waals surface area contributed by atoms with E-state index in [1.165, 1.54) is 6.33 Å². The van der Waals surface area contributed by atoms with Crippen molar-refractivity contribution in [3.63, 3.8) is 0 Å². The molecule has 1 N–H and O–H groups in total. The fraction of sp³-hybridized carbons (Fsp3) is 0.583. The number of aromatic nitrogens is 2. The predicted molar refractivity (Wildman–Crippen MR) is 69.7 cm³/mol. The monoisotopic (exact) mass is 269 g/mol. The number of methoxy groups -OCH3 is 1. The van der Waals surface area contributed by atoms with Gasteiger partial charge in [0.05, 0.1) is 18.8 Å². The predicted octanol–water partition coefficient (Wildman–Crippen LogP) is 0.721. The first-order chi connectivity index (χ1) is 9.10. The zero-order valence-corrected chi connectivity index (χ0v) is 11.4. The molecule has 106 valence electrons. The number of carboxylic acids is 1. The van der Waals surface area contributed by atoms with Crippen LogP contribution in [-0.2, 0) is 9.53 Å². The number of nitrogens with zero attached hydrogens (tertiary/aromatic N) is 3. The first-order valence-corrected chi connectivity index (χ1v) is 6.00. The maximum absolute atomic E-state index is 10.9. The van der Waals surface area contributed by atoms with Crippen molar-refractivity contribution in [2.24, 2.45) is 0 Å². The topological polar surface area (TPSA) is 84.8 Å². The van der Waals surface area contributed by atoms with Crippen molar-refractivity contribution in [3.8, 4) is 5.88 Å². The second-order valence-corrected chi connectivity index (χ2v) is 3.87. The van der Waals surface area contributed by atoms with Gasteiger partial charge in [-0.05, 0) is 13.8 Å². The highest BCUT2D eigenvalue weighted by atomic mass is 16.5. The number of ether oxygens (including phenoxy) is 2. The highest BCUT2D eigenvalue weighted by molar-refractivity contribution is 5.73. The van der Waals surface area contributed by atoms with E-state index in [-0.39, 0.29) is 6.54 Å². The van der Waals surface area contributed by atoms with Gasteiger partial charge < -0.3 is 19.5 Å². The molecule has 0 aliphatic heterocycles. The molecule has 0 saturated heterocycles. The van der Waals surface area contributed by atoms with Gasteiger partial charge in [-0.25, -0.2) is 9.97 Å². The molecule has 1 aromatic heterocycles. The third kappa shape index (κ3) is 4.36. The van der Waals surface area contributed by atoms with Crippen molar-refractivity contribution in [2.75, 3.05) is 38.3 Å². The highest BCUT2D eigenvalue weighted by Crippen LogP contribution is 2.23. The fourth-order valence-corrected chi connectivity index (χ4v) is 1.65. The summed E-state index contributed by atoms with van der Waals surface area (Å²) in [6, 6.07) is 0. The summed E-state index contributed by atoms with van der Waals surface area (Å²) in [5, 5.41) is 8.95. The Bertz CT molecular complexity index is 425. The van der Waals surface area contributed by atoms with Gasteiger partial charge in [-0.15, -0.1) is 0 Å². The summed E-state index contributed by atoms with van der Waals surface area (Å²) in [7, 11) is 1.57. The number of anilines is 1. The molecule has 0 saturated carbocycles. The SMILES string of the molecule is CCOc1ncnc(N(CCOC)CC(=O)O)c1C. The van der Waals surface area contributed by atoms with Crippen molar-refractivity contribution in [1.82, 2.24) is 9.97 Å². The van der Waals surface area contributed by atoms with Crippen LogP contribution in [0.5, 0.6) is 5.88 Å². The molecule has 0 atom stereocenters. The average Bonchev–Trinajstić information content (AvgIpc) is 2.37. The van der Waals surface area contributed by atoms with Crippen LogP contribution < -0.4 is 9.64 Å². The quantitative estimate of drug-likeness (QED) is 0.744. The zero-order valence-electron chi connectivity index (χ0n) is 11.4. The maximum atomic E-state index is 10.9. The van der Waals surface area contributed by atoms with Gasteiger partial charge in [0.25, 0.3) is 0 Å². The van der Waals surface area contributed by atoms with E-state index in [0.29, 0.717) is 31.5 Å². The van der Waals surface area contributed by atoms with Crippen molar-refractivity contribution >= 4 is 11.8 Å². The summed E-state index contributed by atoms with van der Waals surface area (Å²) in [6.45, 7) is 4.87. The van der Waals surface area contributed by atoms with Crippen LogP contribution in [0.4, 0.5) is 5.82 Å². The molecule has 19 heavy (non-hydrogen) atoms. The van der Waals surface area contributed by atoms with Crippen molar-refractivity contribution in [2.45, 2.75) is 13.8 Å². The van der Waals surface area contributed by atoms with E-state index >= 15 is 0 Å². The smallest absolute Gasteiger partial charge is 0.323 e. The molecule has 0 aliphatic carbocycles. The summed E-state index contributed by atoms with van der Waals surface area (Å²) >= 11 is 0. The van der Waals surface area contributed by atoms with Gasteiger partial charge in [0.1, 0.15) is 18.7 Å². The van der Waals surface area contributed by atoms with Gasteiger partial charge in [0, 0.05) is 13.7 Å². The summed E-state index contributed by atoms with van der Waals surface area (Å²) in [5.41, 5.74) is 0.724. The number of hydrogen-bond acceptors (Lipinski definition) is 6. The van der Waals surface area contributed by atoms with Crippen molar-refractivity contribution in [1.29, 1.82) is 0 Å². The Kier molecular flexibility index (Phi) is 6.01. The van der Waals surface area contributed by atoms with Gasteiger partial charge in [-0.3, -0.25) is 4.79 Å². The van der Waals surface area contributed by atoms with E-state index in [9.17, 15) is 4.79 Å². The Morgan fingerprint density at radius 1 is 1.47 bits per heavy atom. The second-order valence-electron chi connectivity index (χ2n) is 3.87. The van der Waals surface area contributed by atoms with Crippen LogP contribution in [0.2, 0.25) is 0 Å². The molecule has 0 bridgehead atoms. The average molecular weight is 269 g/mol. The number of carbonyl (C=O) groups is 1. The van der Waals surface area contributed by atoms with Crippen LogP contribution in [0.25, 0.3) is 0 Å². The number of carboxylic acid groups (broad SMARTS) is 1. The Morgan fingerprint density at radius 2 is 2.21 bits per heavy atom. The molecule has 1 rings (SSSR count). The maximum Gasteiger partial charge on any atom is 0.323 e. The molecule has 0 aliphatic rings. The lowest BCUT2D eigenvalue weighted by atomic mass is 10.3. The van der Waals surface area contributed by atoms with Gasteiger partial charge in [-0.1, -0.05) is 0 Å². The van der Waals surface area contributed by atoms with E-state index in [1.54, 1.807) is 12.0 Å². The minimum absolute atomic E-state index is 0.146. The minimum atomic E-state index is -0.924. The molecule has 0 fully saturated rings. The van der Waals surface area contributed by atoms with Crippen LogP contribution in [0.15, 0.2) is 6.33 Å². The van der Waals surface area contributed by atoms with E-state index in [2.05, 4.69) is 9.97 Å². The lowest BCUT2D eigenvalue weighted by Gasteiger charge is -2.23. The van der Waals surface area contributed by atoms with Crippen LogP contribution in [-0.4, -0.2) is 54.5 Å². The minimum Gasteiger partial charge on any atom is -0.480 e. The van der Waals surface area contributed by atoms with Gasteiger partial charge in [-0.2, -0.15) is 0 Å². The van der Waals surface area contributed by atoms with Crippen LogP contribution in [0, 0.1) is 6.92 Å². The summed E-state index contributed by atoms with van der Waals surface area (Å²) in [5.74, 6) is 0.102. The third-order valence-electron chi connectivity index (χ3n) is 2.48. The highest BCUT2D eigenvalue weighted by Gasteiger charge is 2.17. The number of rotatable bonds is 8. The molecule has 0 spiro atoms. The second kappa shape index (κ2) is 7.52. The lowest BCUT2D eigenvalue weighted by molar-refractivity contribution is -0.135. The fourth-order valence-electron chi connectivity index (χ4n) is 1.65. The van der Waals surface area contributed by atoms with Gasteiger partial charge in [0.15, 0.2) is 0 Å². The first-order valence-electron chi connectivity index (χ1n) is 6.00. The normalized spacial score (nSPS) is 10.3. The summed E-state index contributed by atoms with van der Waals surface area (Å²) < 4.78 is 10.4. The zero-order chi connectivity index (χ0) is 14.3. The van der Waals surface area contributed by atoms with Crippen molar-refractivity contribution in [3.05, 3.63) is 11.9 Å². The molecule has 0 aromatic carbocycles. The molecule has 0 unspecified atom stereocenters. The van der Waals surface area contributed by atoms with E-state index in [1.807, 2.05) is 13.8 Å². The van der Waals surface area contributed by atoms with E-state index in [0.717, 1.165) is 5.56 Å². The van der Waals surface area contributed by atoms with Crippen molar-refractivity contribution < 1.29 is 19.4 Å². The Hall–Kier alpha value is -1.89. The molecule has 7 nitrogen and oxygen atoms in total. The van der Waals surface area contributed by atoms with Crippen LogP contribution in [0.3, 0.4) is 0 Å². The number of hydrogen-bond donors (Lipinski definition) is 1. The molecular formula is C12H19N3O4. The Labute approximate surface area is 112 Å². The molecular weight excluding hydrogens is 250 g/mol. The first kappa shape index (κ1) is 15.2. The molecule has 0 amide bonds. The molecule has 1 heterocycles.